The molecule has 0 bridgehead atoms. The monoisotopic (exact) mass is 266 g/mol. The van der Waals surface area contributed by atoms with E-state index in [1.165, 1.54) is 12.0 Å². The summed E-state index contributed by atoms with van der Waals surface area (Å²) in [6, 6.07) is 2.76. The minimum Gasteiger partial charge on any atom is -0.465 e. The number of rotatable bonds is 8. The fraction of sp³-hybridized carbons (Fsp3) is 0.750. The first-order chi connectivity index (χ1) is 8.95. The van der Waals surface area contributed by atoms with Crippen molar-refractivity contribution in [1.29, 1.82) is 0 Å². The highest BCUT2D eigenvalue weighted by atomic mass is 16.3. The van der Waals surface area contributed by atoms with Crippen molar-refractivity contribution in [2.45, 2.75) is 60.2 Å². The fourth-order valence-electron chi connectivity index (χ4n) is 2.14. The van der Waals surface area contributed by atoms with E-state index in [-0.39, 0.29) is 0 Å². The van der Waals surface area contributed by atoms with Gasteiger partial charge in [-0.3, -0.25) is 4.90 Å². The van der Waals surface area contributed by atoms with Gasteiger partial charge in [-0.1, -0.05) is 20.8 Å². The van der Waals surface area contributed by atoms with Crippen LogP contribution in [-0.2, 0) is 13.1 Å². The molecule has 0 spiro atoms. The van der Waals surface area contributed by atoms with Gasteiger partial charge in [0.1, 0.15) is 11.5 Å². The van der Waals surface area contributed by atoms with Crippen LogP contribution in [0.1, 0.15) is 51.2 Å². The van der Waals surface area contributed by atoms with Gasteiger partial charge in [0.25, 0.3) is 0 Å². The van der Waals surface area contributed by atoms with Gasteiger partial charge in [0.15, 0.2) is 0 Å². The average molecular weight is 266 g/mol. The van der Waals surface area contributed by atoms with Crippen LogP contribution in [-0.4, -0.2) is 24.5 Å². The summed E-state index contributed by atoms with van der Waals surface area (Å²) in [4.78, 5) is 2.35. The Morgan fingerprint density at radius 1 is 1.32 bits per heavy atom. The maximum atomic E-state index is 5.86. The molecule has 0 saturated carbocycles. The maximum absolute atomic E-state index is 5.86. The molecule has 0 fully saturated rings. The van der Waals surface area contributed by atoms with Crippen molar-refractivity contribution in [3.05, 3.63) is 23.2 Å². The van der Waals surface area contributed by atoms with Crippen molar-refractivity contribution in [2.24, 2.45) is 5.92 Å². The largest absolute Gasteiger partial charge is 0.465 e. The van der Waals surface area contributed by atoms with Gasteiger partial charge in [0.2, 0.25) is 0 Å². The van der Waals surface area contributed by atoms with E-state index in [1.54, 1.807) is 0 Å². The van der Waals surface area contributed by atoms with Gasteiger partial charge in [-0.2, -0.15) is 0 Å². The SMILES string of the molecule is CCCNCc1cc(CN(C)C(C)C(C)C)oc1C. The van der Waals surface area contributed by atoms with Gasteiger partial charge >= 0.3 is 0 Å². The van der Waals surface area contributed by atoms with Gasteiger partial charge in [-0.25, -0.2) is 0 Å². The summed E-state index contributed by atoms with van der Waals surface area (Å²) in [6.45, 7) is 13.9. The molecule has 0 aliphatic heterocycles. The first-order valence-electron chi connectivity index (χ1n) is 7.44. The van der Waals surface area contributed by atoms with Gasteiger partial charge in [0, 0.05) is 18.2 Å². The van der Waals surface area contributed by atoms with E-state index in [2.05, 4.69) is 57.9 Å². The zero-order valence-electron chi connectivity index (χ0n) is 13.4. The number of aryl methyl sites for hydroxylation is 1. The zero-order chi connectivity index (χ0) is 14.4. The van der Waals surface area contributed by atoms with Crippen LogP contribution in [0.3, 0.4) is 0 Å². The lowest BCUT2D eigenvalue weighted by Gasteiger charge is -2.26. The Balaban J connectivity index is 2.57. The first kappa shape index (κ1) is 16.3. The van der Waals surface area contributed by atoms with Crippen LogP contribution in [0.2, 0.25) is 0 Å². The quantitative estimate of drug-likeness (QED) is 0.729. The molecule has 0 amide bonds. The lowest BCUT2D eigenvalue weighted by molar-refractivity contribution is 0.186. The van der Waals surface area contributed by atoms with Gasteiger partial charge in [-0.05, 0) is 45.8 Å². The summed E-state index contributed by atoms with van der Waals surface area (Å²) in [5.74, 6) is 2.77. The first-order valence-corrected chi connectivity index (χ1v) is 7.44. The molecule has 0 radical (unpaired) electrons. The molecule has 19 heavy (non-hydrogen) atoms. The lowest BCUT2D eigenvalue weighted by atomic mass is 10.1. The van der Waals surface area contributed by atoms with Crippen LogP contribution in [0.25, 0.3) is 0 Å². The normalized spacial score (nSPS) is 13.5. The van der Waals surface area contributed by atoms with Crippen LogP contribution in [0.4, 0.5) is 0 Å². The number of nitrogens with one attached hydrogen (secondary N) is 1. The van der Waals surface area contributed by atoms with Crippen molar-refractivity contribution in [1.82, 2.24) is 10.2 Å². The molecule has 1 rings (SSSR count). The Morgan fingerprint density at radius 2 is 2.00 bits per heavy atom. The second kappa shape index (κ2) is 7.71. The molecule has 1 aromatic rings. The molecule has 1 unspecified atom stereocenters. The average Bonchev–Trinajstić information content (AvgIpc) is 2.69. The molecule has 3 nitrogen and oxygen atoms in total. The Kier molecular flexibility index (Phi) is 6.59. The molecule has 1 atom stereocenters. The minimum absolute atomic E-state index is 0.562. The van der Waals surface area contributed by atoms with Crippen LogP contribution in [0, 0.1) is 12.8 Å². The van der Waals surface area contributed by atoms with Crippen LogP contribution in [0.15, 0.2) is 10.5 Å². The summed E-state index contributed by atoms with van der Waals surface area (Å²) in [5, 5.41) is 3.43. The summed E-state index contributed by atoms with van der Waals surface area (Å²) in [7, 11) is 2.16. The molecular weight excluding hydrogens is 236 g/mol. The van der Waals surface area contributed by atoms with E-state index < -0.39 is 0 Å². The molecule has 3 heteroatoms. The third-order valence-corrected chi connectivity index (χ3v) is 3.88. The Bertz CT molecular complexity index is 371. The van der Waals surface area contributed by atoms with E-state index in [0.717, 1.165) is 31.2 Å². The van der Waals surface area contributed by atoms with E-state index in [4.69, 9.17) is 4.42 Å². The fourth-order valence-corrected chi connectivity index (χ4v) is 2.14. The maximum Gasteiger partial charge on any atom is 0.118 e. The second-order valence-corrected chi connectivity index (χ2v) is 5.87. The van der Waals surface area contributed by atoms with Crippen molar-refractivity contribution in [3.63, 3.8) is 0 Å². The van der Waals surface area contributed by atoms with Crippen molar-refractivity contribution < 1.29 is 4.42 Å². The van der Waals surface area contributed by atoms with Crippen molar-refractivity contribution in [3.8, 4) is 0 Å². The van der Waals surface area contributed by atoms with Gasteiger partial charge in [-0.15, -0.1) is 0 Å². The highest BCUT2D eigenvalue weighted by molar-refractivity contribution is 5.20. The minimum atomic E-state index is 0.562. The van der Waals surface area contributed by atoms with E-state index >= 15 is 0 Å². The van der Waals surface area contributed by atoms with Crippen LogP contribution < -0.4 is 5.32 Å². The van der Waals surface area contributed by atoms with E-state index in [0.29, 0.717) is 12.0 Å². The Hall–Kier alpha value is -0.800. The van der Waals surface area contributed by atoms with Crippen LogP contribution in [0.5, 0.6) is 0 Å². The van der Waals surface area contributed by atoms with E-state index in [9.17, 15) is 0 Å². The molecule has 1 heterocycles. The second-order valence-electron chi connectivity index (χ2n) is 5.87. The molecule has 110 valence electrons. The Labute approximate surface area is 118 Å². The molecule has 1 aromatic heterocycles. The lowest BCUT2D eigenvalue weighted by Crippen LogP contribution is -2.32. The molecular formula is C16H30N2O. The summed E-state index contributed by atoms with van der Waals surface area (Å²) in [5.41, 5.74) is 1.29. The molecule has 0 aromatic carbocycles. The standard InChI is InChI=1S/C16H30N2O/c1-7-8-17-10-15-9-16(19-14(15)5)11-18(6)13(4)12(2)3/h9,12-13,17H,7-8,10-11H2,1-6H3. The molecule has 0 aliphatic rings. The highest BCUT2D eigenvalue weighted by Crippen LogP contribution is 2.18. The number of nitrogens with zero attached hydrogens (tertiary/aromatic N) is 1. The molecule has 0 aliphatic carbocycles. The highest BCUT2D eigenvalue weighted by Gasteiger charge is 2.15. The summed E-state index contributed by atoms with van der Waals surface area (Å²) >= 11 is 0. The zero-order valence-corrected chi connectivity index (χ0v) is 13.4. The van der Waals surface area contributed by atoms with Gasteiger partial charge in [0.05, 0.1) is 6.54 Å². The van der Waals surface area contributed by atoms with Gasteiger partial charge < -0.3 is 9.73 Å². The van der Waals surface area contributed by atoms with Crippen molar-refractivity contribution >= 4 is 0 Å². The smallest absolute Gasteiger partial charge is 0.118 e. The predicted molar refractivity (Wildman–Crippen MR) is 81.2 cm³/mol. The number of hydrogen-bond acceptors (Lipinski definition) is 3. The summed E-state index contributed by atoms with van der Waals surface area (Å²) in [6.07, 6.45) is 1.17. The Morgan fingerprint density at radius 3 is 2.58 bits per heavy atom. The topological polar surface area (TPSA) is 28.4 Å². The van der Waals surface area contributed by atoms with Crippen LogP contribution >= 0.6 is 0 Å². The van der Waals surface area contributed by atoms with E-state index in [1.807, 2.05) is 0 Å². The third-order valence-electron chi connectivity index (χ3n) is 3.88. The summed E-state index contributed by atoms with van der Waals surface area (Å²) < 4.78 is 5.86. The third kappa shape index (κ3) is 5.00. The molecule has 0 saturated heterocycles. The molecule has 1 N–H and O–H groups in total. The number of hydrogen-bond donors (Lipinski definition) is 1. The number of furan rings is 1. The predicted octanol–water partition coefficient (Wildman–Crippen LogP) is 3.56. The van der Waals surface area contributed by atoms with Crippen molar-refractivity contribution in [2.75, 3.05) is 13.6 Å².